The number of β-amino-alcohol motifs (C(OH)–C–C–N with tert-alkyl or cyclic N) is 1. The Morgan fingerprint density at radius 2 is 1.88 bits per heavy atom. The molecule has 3 rings (SSSR count). The molecule has 0 saturated heterocycles. The van der Waals surface area contributed by atoms with Crippen molar-refractivity contribution >= 4 is 5.97 Å². The molecule has 138 valence electrons. The van der Waals surface area contributed by atoms with Crippen molar-refractivity contribution in [3.8, 4) is 0 Å². The molecule has 0 aromatic heterocycles. The predicted octanol–water partition coefficient (Wildman–Crippen LogP) is 2.16. The lowest BCUT2D eigenvalue weighted by Gasteiger charge is -2.36. The highest BCUT2D eigenvalue weighted by molar-refractivity contribution is 5.76. The molecule has 1 aliphatic heterocycles. The van der Waals surface area contributed by atoms with E-state index in [4.69, 9.17) is 0 Å². The molecule has 1 aliphatic rings. The molecule has 0 fully saturated rings. The van der Waals surface area contributed by atoms with E-state index in [0.29, 0.717) is 19.6 Å². The highest BCUT2D eigenvalue weighted by atomic mass is 16.4. The molecule has 0 saturated carbocycles. The number of rotatable bonds is 7. The Bertz CT molecular complexity index is 735. The first-order chi connectivity index (χ1) is 12.5. The van der Waals surface area contributed by atoms with Crippen LogP contribution in [0.15, 0.2) is 54.6 Å². The molecule has 0 spiro atoms. The Balaban J connectivity index is 1.61. The standard InChI is InChI=1S/C21H26N2O3/c1-22(13-16-7-3-2-4-8-16)14-18(24)15-23-12-11-17-9-5-6-10-19(17)20(23)21(25)26/h2-10,18,20,24H,11-15H2,1H3,(H,25,26). The molecule has 5 heteroatoms. The second kappa shape index (κ2) is 8.45. The lowest BCUT2D eigenvalue weighted by Crippen LogP contribution is -2.45. The zero-order valence-corrected chi connectivity index (χ0v) is 15.1. The largest absolute Gasteiger partial charge is 0.480 e. The Labute approximate surface area is 154 Å². The summed E-state index contributed by atoms with van der Waals surface area (Å²) >= 11 is 0. The van der Waals surface area contributed by atoms with Gasteiger partial charge < -0.3 is 10.2 Å². The topological polar surface area (TPSA) is 64.0 Å². The van der Waals surface area contributed by atoms with E-state index >= 15 is 0 Å². The van der Waals surface area contributed by atoms with Gasteiger partial charge in [-0.2, -0.15) is 0 Å². The van der Waals surface area contributed by atoms with Crippen molar-refractivity contribution in [1.82, 2.24) is 9.80 Å². The van der Waals surface area contributed by atoms with Crippen LogP contribution in [0.3, 0.4) is 0 Å². The normalized spacial score (nSPS) is 18.5. The van der Waals surface area contributed by atoms with Gasteiger partial charge in [0, 0.05) is 26.2 Å². The van der Waals surface area contributed by atoms with Crippen LogP contribution in [0.5, 0.6) is 0 Å². The lowest BCUT2D eigenvalue weighted by atomic mass is 9.92. The fourth-order valence-electron chi connectivity index (χ4n) is 3.75. The summed E-state index contributed by atoms with van der Waals surface area (Å²) < 4.78 is 0. The average molecular weight is 354 g/mol. The van der Waals surface area contributed by atoms with Crippen LogP contribution in [0.25, 0.3) is 0 Å². The molecule has 2 aromatic rings. The van der Waals surface area contributed by atoms with Gasteiger partial charge in [0.1, 0.15) is 6.04 Å². The smallest absolute Gasteiger partial charge is 0.325 e. The zero-order chi connectivity index (χ0) is 18.5. The fraction of sp³-hybridized carbons (Fsp3) is 0.381. The minimum absolute atomic E-state index is 0.352. The van der Waals surface area contributed by atoms with Crippen molar-refractivity contribution in [3.63, 3.8) is 0 Å². The van der Waals surface area contributed by atoms with Gasteiger partial charge in [0.25, 0.3) is 0 Å². The second-order valence-electron chi connectivity index (χ2n) is 7.02. The van der Waals surface area contributed by atoms with Crippen molar-refractivity contribution in [1.29, 1.82) is 0 Å². The maximum atomic E-state index is 11.8. The molecule has 2 atom stereocenters. The number of carboxylic acids is 1. The SMILES string of the molecule is CN(Cc1ccccc1)CC(O)CN1CCc2ccccc2C1C(=O)O. The van der Waals surface area contributed by atoms with Gasteiger partial charge in [-0.15, -0.1) is 0 Å². The Hall–Kier alpha value is -2.21. The van der Waals surface area contributed by atoms with E-state index in [-0.39, 0.29) is 0 Å². The van der Waals surface area contributed by atoms with Gasteiger partial charge >= 0.3 is 5.97 Å². The molecule has 0 radical (unpaired) electrons. The molecule has 2 unspecified atom stereocenters. The Morgan fingerprint density at radius 1 is 1.19 bits per heavy atom. The van der Waals surface area contributed by atoms with Crippen LogP contribution in [0.4, 0.5) is 0 Å². The highest BCUT2D eigenvalue weighted by Crippen LogP contribution is 2.30. The van der Waals surface area contributed by atoms with Crippen LogP contribution in [0.2, 0.25) is 0 Å². The molecule has 26 heavy (non-hydrogen) atoms. The molecular formula is C21H26N2O3. The number of aliphatic hydroxyl groups is 1. The molecule has 0 bridgehead atoms. The van der Waals surface area contributed by atoms with Gasteiger partial charge in [0.05, 0.1) is 6.10 Å². The number of carbonyl (C=O) groups is 1. The van der Waals surface area contributed by atoms with E-state index in [0.717, 1.165) is 24.1 Å². The average Bonchev–Trinajstić information content (AvgIpc) is 2.61. The fourth-order valence-corrected chi connectivity index (χ4v) is 3.75. The first kappa shape index (κ1) is 18.6. The summed E-state index contributed by atoms with van der Waals surface area (Å²) in [4.78, 5) is 15.8. The summed E-state index contributed by atoms with van der Waals surface area (Å²) in [5.74, 6) is -0.859. The van der Waals surface area contributed by atoms with E-state index in [2.05, 4.69) is 17.0 Å². The number of hydrogen-bond donors (Lipinski definition) is 2. The summed E-state index contributed by atoms with van der Waals surface area (Å²) in [6.07, 6.45) is 0.211. The van der Waals surface area contributed by atoms with Crippen LogP contribution in [-0.4, -0.2) is 58.8 Å². The summed E-state index contributed by atoms with van der Waals surface area (Å²) in [6, 6.07) is 17.1. The molecule has 0 aliphatic carbocycles. The van der Waals surface area contributed by atoms with Gasteiger partial charge in [0.15, 0.2) is 0 Å². The van der Waals surface area contributed by atoms with Crippen LogP contribution >= 0.6 is 0 Å². The van der Waals surface area contributed by atoms with Crippen LogP contribution in [-0.2, 0) is 17.8 Å². The number of nitrogens with zero attached hydrogens (tertiary/aromatic N) is 2. The van der Waals surface area contributed by atoms with Crippen LogP contribution in [0, 0.1) is 0 Å². The van der Waals surface area contributed by atoms with Crippen molar-refractivity contribution in [2.75, 3.05) is 26.7 Å². The van der Waals surface area contributed by atoms with Crippen LogP contribution < -0.4 is 0 Å². The summed E-state index contributed by atoms with van der Waals surface area (Å²) in [5.41, 5.74) is 3.13. The number of benzene rings is 2. The number of carboxylic acid groups (broad SMARTS) is 1. The molecule has 2 N–H and O–H groups in total. The third kappa shape index (κ3) is 4.49. The molecule has 2 aromatic carbocycles. The van der Waals surface area contributed by atoms with Crippen LogP contribution in [0.1, 0.15) is 22.7 Å². The quantitative estimate of drug-likeness (QED) is 0.798. The first-order valence-electron chi connectivity index (χ1n) is 9.00. The zero-order valence-electron chi connectivity index (χ0n) is 15.1. The molecule has 5 nitrogen and oxygen atoms in total. The minimum atomic E-state index is -0.859. The Morgan fingerprint density at radius 3 is 2.62 bits per heavy atom. The molecular weight excluding hydrogens is 328 g/mol. The maximum Gasteiger partial charge on any atom is 0.325 e. The minimum Gasteiger partial charge on any atom is -0.480 e. The van der Waals surface area contributed by atoms with E-state index < -0.39 is 18.1 Å². The number of hydrogen-bond acceptors (Lipinski definition) is 4. The van der Waals surface area contributed by atoms with Gasteiger partial charge in [-0.05, 0) is 30.2 Å². The number of fused-ring (bicyclic) bond motifs is 1. The summed E-state index contributed by atoms with van der Waals surface area (Å²) in [7, 11) is 1.97. The monoisotopic (exact) mass is 354 g/mol. The van der Waals surface area contributed by atoms with Gasteiger partial charge in [-0.3, -0.25) is 14.6 Å². The summed E-state index contributed by atoms with van der Waals surface area (Å²) in [6.45, 7) is 2.25. The predicted molar refractivity (Wildman–Crippen MR) is 101 cm³/mol. The van der Waals surface area contributed by atoms with Gasteiger partial charge in [-0.25, -0.2) is 0 Å². The number of likely N-dealkylation sites (N-methyl/N-ethyl adjacent to an activating group) is 1. The van der Waals surface area contributed by atoms with E-state index in [1.807, 2.05) is 54.4 Å². The lowest BCUT2D eigenvalue weighted by molar-refractivity contribution is -0.144. The van der Waals surface area contributed by atoms with Crippen molar-refractivity contribution in [3.05, 3.63) is 71.3 Å². The Kier molecular flexibility index (Phi) is 6.04. The highest BCUT2D eigenvalue weighted by Gasteiger charge is 2.33. The van der Waals surface area contributed by atoms with Gasteiger partial charge in [-0.1, -0.05) is 54.6 Å². The maximum absolute atomic E-state index is 11.8. The third-order valence-corrected chi connectivity index (χ3v) is 4.88. The second-order valence-corrected chi connectivity index (χ2v) is 7.02. The molecule has 0 amide bonds. The third-order valence-electron chi connectivity index (χ3n) is 4.88. The van der Waals surface area contributed by atoms with Crippen molar-refractivity contribution < 1.29 is 15.0 Å². The van der Waals surface area contributed by atoms with E-state index in [1.165, 1.54) is 5.56 Å². The van der Waals surface area contributed by atoms with Gasteiger partial charge in [0.2, 0.25) is 0 Å². The number of aliphatic hydroxyl groups excluding tert-OH is 1. The first-order valence-corrected chi connectivity index (χ1v) is 9.00. The van der Waals surface area contributed by atoms with Crippen molar-refractivity contribution in [2.45, 2.75) is 25.1 Å². The number of aliphatic carboxylic acids is 1. The molecule has 1 heterocycles. The summed E-state index contributed by atoms with van der Waals surface area (Å²) in [5, 5.41) is 20.2. The van der Waals surface area contributed by atoms with E-state index in [9.17, 15) is 15.0 Å². The van der Waals surface area contributed by atoms with E-state index in [1.54, 1.807) is 0 Å². The van der Waals surface area contributed by atoms with Crippen molar-refractivity contribution in [2.24, 2.45) is 0 Å².